The Bertz CT molecular complexity index is 1950. The van der Waals surface area contributed by atoms with E-state index in [0.717, 1.165) is 38.5 Å². The van der Waals surface area contributed by atoms with Crippen LogP contribution in [0.25, 0.3) is 0 Å². The summed E-state index contributed by atoms with van der Waals surface area (Å²) in [5, 5.41) is 28.7. The predicted molar refractivity (Wildman–Crippen MR) is 313 cm³/mol. The van der Waals surface area contributed by atoms with Crippen molar-refractivity contribution in [1.29, 1.82) is 0 Å². The minimum Gasteiger partial charge on any atom is -0.756 e. The molecule has 0 radical (unpaired) electrons. The van der Waals surface area contributed by atoms with Crippen molar-refractivity contribution < 1.29 is 114 Å². The molecule has 83 heavy (non-hydrogen) atoms. The Hall–Kier alpha value is -2.81. The SMILES string of the molecule is CCCCCCCCCCCCCCCCCC(=O)OC[C@H](COP(=O)([O-])OCCCC(=O)COc1ccc2nc1CN(CC(=O)O)CCN(CC(=O)O)CCN(CC(=O)O)C2)OC(=O)CCCCCCCCCCCCCCCCC.[Tm+3]. The van der Waals surface area contributed by atoms with Gasteiger partial charge in [0.1, 0.15) is 19.0 Å². The molecule has 0 aromatic carbocycles. The van der Waals surface area contributed by atoms with E-state index in [2.05, 4.69) is 18.8 Å². The van der Waals surface area contributed by atoms with Crippen molar-refractivity contribution in [3.05, 3.63) is 23.5 Å². The fourth-order valence-corrected chi connectivity index (χ4v) is 10.7. The van der Waals surface area contributed by atoms with E-state index in [-0.39, 0.29) is 133 Å². The number of carbonyl (C=O) groups excluding carboxylic acids is 3. The molecule has 0 saturated heterocycles. The van der Waals surface area contributed by atoms with Gasteiger partial charge in [0.15, 0.2) is 11.9 Å². The molecule has 0 fully saturated rings. The minimum atomic E-state index is -4.98. The third-order valence-corrected chi connectivity index (χ3v) is 15.6. The van der Waals surface area contributed by atoms with Gasteiger partial charge in [0.25, 0.3) is 7.82 Å². The zero-order valence-corrected chi connectivity index (χ0v) is 53.3. The first-order chi connectivity index (χ1) is 39.6. The molecule has 20 nitrogen and oxygen atoms in total. The summed E-state index contributed by atoms with van der Waals surface area (Å²) in [6.45, 7) is 2.30. The summed E-state index contributed by atoms with van der Waals surface area (Å²) in [5.74, 6) is -4.56. The van der Waals surface area contributed by atoms with Gasteiger partial charge in [-0.3, -0.25) is 53.0 Å². The molecule has 482 valence electrons. The number of carboxylic acid groups (broad SMARTS) is 3. The normalized spacial score (nSPS) is 14.6. The van der Waals surface area contributed by atoms with Gasteiger partial charge in [-0.2, -0.15) is 0 Å². The molecule has 1 unspecified atom stereocenters. The number of nitrogens with zero attached hydrogens (tertiary/aromatic N) is 4. The number of esters is 2. The molecule has 2 rings (SSSR count). The second kappa shape index (κ2) is 51.3. The monoisotopic (exact) mass is 1350 g/mol. The third-order valence-electron chi connectivity index (χ3n) is 14.6. The van der Waals surface area contributed by atoms with Crippen LogP contribution in [0.3, 0.4) is 0 Å². The smallest absolute Gasteiger partial charge is 0.756 e. The Balaban J connectivity index is 0.0000344. The van der Waals surface area contributed by atoms with E-state index < -0.39 is 75.9 Å². The number of hydrogen-bond acceptors (Lipinski definition) is 17. The Labute approximate surface area is 526 Å². The Morgan fingerprint density at radius 3 is 1.40 bits per heavy atom. The maximum absolute atomic E-state index is 13.0. The summed E-state index contributed by atoms with van der Waals surface area (Å²) < 4.78 is 40.0. The van der Waals surface area contributed by atoms with E-state index in [9.17, 15) is 53.5 Å². The summed E-state index contributed by atoms with van der Waals surface area (Å²) in [4.78, 5) is 96.1. The van der Waals surface area contributed by atoms with Crippen LogP contribution in [0.15, 0.2) is 12.1 Å². The second-order valence-corrected chi connectivity index (χ2v) is 23.7. The van der Waals surface area contributed by atoms with Gasteiger partial charge in [-0.05, 0) is 31.4 Å². The molecule has 0 aliphatic carbocycles. The van der Waals surface area contributed by atoms with Crippen LogP contribution in [-0.4, -0.2) is 149 Å². The van der Waals surface area contributed by atoms with Gasteiger partial charge in [-0.25, -0.2) is 0 Å². The topological polar surface area (TPSA) is 272 Å². The third kappa shape index (κ3) is 45.2. The standard InChI is InChI=1S/C61H107N4O16P.Tm/c1-3-5-7-9-11-13-15-17-19-21-23-25-27-29-31-35-60(73)78-50-54(81-61(74)36-32-30-28-26-24-22-20-18-16-14-12-10-8-6-4-2)51-80-82(75,76)79-43-33-34-53(66)49-77-56-38-37-52-44-64(47-58(69)70)41-39-63(46-57(67)68)40-42-65(48-59(71)72)45-55(56)62-52;/h37-38,54H,3-36,39-51H2,1-2H3,(H,67,68)(H,69,70)(H,71,72)(H,75,76);/q;+3/p-1/t54-;/m1./s1. The number of aliphatic carboxylic acids is 3. The molecule has 2 bridgehead atoms. The van der Waals surface area contributed by atoms with E-state index in [4.69, 9.17) is 23.3 Å². The van der Waals surface area contributed by atoms with Crippen molar-refractivity contribution in [3.63, 3.8) is 0 Å². The molecular weight excluding hydrogens is 1240 g/mol. The van der Waals surface area contributed by atoms with Gasteiger partial charge >= 0.3 is 66.7 Å². The molecule has 3 N–H and O–H groups in total. The zero-order valence-electron chi connectivity index (χ0n) is 50.6. The number of rotatable bonds is 52. The van der Waals surface area contributed by atoms with Gasteiger partial charge in [-0.1, -0.05) is 194 Å². The molecule has 1 aromatic rings. The first kappa shape index (κ1) is 78.2. The molecule has 0 spiro atoms. The number of ether oxygens (including phenoxy) is 3. The van der Waals surface area contributed by atoms with Gasteiger partial charge in [0.2, 0.25) is 0 Å². The number of carbonyl (C=O) groups is 6. The van der Waals surface area contributed by atoms with Gasteiger partial charge < -0.3 is 43.5 Å². The summed E-state index contributed by atoms with van der Waals surface area (Å²) in [6.07, 6.45) is 34.7. The quantitative estimate of drug-likeness (QED) is 0.0311. The molecule has 0 saturated carbocycles. The first-order valence-electron chi connectivity index (χ1n) is 31.5. The molecule has 0 amide bonds. The maximum Gasteiger partial charge on any atom is 3.00 e. The average Bonchev–Trinajstić information content (AvgIpc) is 3.50. The van der Waals surface area contributed by atoms with Gasteiger partial charge in [0, 0.05) is 58.5 Å². The number of ketones is 1. The number of fused-ring (bicyclic) bond motifs is 2. The number of phosphoric acid groups is 1. The number of phosphoric ester groups is 1. The van der Waals surface area contributed by atoms with Crippen LogP contribution in [0.1, 0.15) is 244 Å². The van der Waals surface area contributed by atoms with Crippen LogP contribution in [0.2, 0.25) is 0 Å². The van der Waals surface area contributed by atoms with E-state index in [1.165, 1.54) is 141 Å². The van der Waals surface area contributed by atoms with Crippen molar-refractivity contribution in [2.75, 3.05) is 72.2 Å². The van der Waals surface area contributed by atoms with Gasteiger partial charge in [-0.15, -0.1) is 0 Å². The van der Waals surface area contributed by atoms with E-state index >= 15 is 0 Å². The van der Waals surface area contributed by atoms with Crippen LogP contribution < -0.4 is 9.63 Å². The van der Waals surface area contributed by atoms with Crippen LogP contribution in [-0.2, 0) is 64.9 Å². The fourth-order valence-electron chi connectivity index (χ4n) is 9.93. The van der Waals surface area contributed by atoms with Crippen molar-refractivity contribution in [3.8, 4) is 5.75 Å². The molecule has 22 heteroatoms. The first-order valence-corrected chi connectivity index (χ1v) is 33.0. The number of hydrogen-bond donors (Lipinski definition) is 3. The number of carboxylic acids is 3. The number of unbranched alkanes of at least 4 members (excludes halogenated alkanes) is 28. The fraction of sp³-hybridized carbons (Fsp3) is 0.820. The van der Waals surface area contributed by atoms with E-state index in [0.29, 0.717) is 18.5 Å². The number of Topliss-reactive ketones (excluding diaryl/α,β-unsaturated/α-hetero) is 1. The van der Waals surface area contributed by atoms with E-state index in [1.54, 1.807) is 26.8 Å². The second-order valence-electron chi connectivity index (χ2n) is 22.3. The van der Waals surface area contributed by atoms with Gasteiger partial charge in [0.05, 0.1) is 44.2 Å². The van der Waals surface area contributed by atoms with Crippen LogP contribution >= 0.6 is 7.82 Å². The van der Waals surface area contributed by atoms with Crippen molar-refractivity contribution in [1.82, 2.24) is 19.7 Å². The predicted octanol–water partition coefficient (Wildman–Crippen LogP) is 11.5. The molecular formula is C61H106N4O16PTm+2. The minimum absolute atomic E-state index is 0. The number of aromatic nitrogens is 1. The Kier molecular flexibility index (Phi) is 48.3. The molecule has 2 heterocycles. The molecule has 1 aliphatic heterocycles. The molecule has 2 atom stereocenters. The van der Waals surface area contributed by atoms with Crippen molar-refractivity contribution in [2.24, 2.45) is 0 Å². The van der Waals surface area contributed by atoms with Crippen LogP contribution in [0.4, 0.5) is 0 Å². The zero-order chi connectivity index (χ0) is 59.9. The summed E-state index contributed by atoms with van der Waals surface area (Å²) in [7, 11) is -4.98. The van der Waals surface area contributed by atoms with Crippen molar-refractivity contribution in [2.45, 2.75) is 251 Å². The largest absolute Gasteiger partial charge is 3.00 e. The Morgan fingerprint density at radius 1 is 0.530 bits per heavy atom. The van der Waals surface area contributed by atoms with Crippen LogP contribution in [0.5, 0.6) is 5.75 Å². The maximum atomic E-state index is 13.0. The van der Waals surface area contributed by atoms with Crippen molar-refractivity contribution >= 4 is 43.5 Å². The Morgan fingerprint density at radius 2 is 0.940 bits per heavy atom. The van der Waals surface area contributed by atoms with Crippen LogP contribution in [0, 0.1) is 36.9 Å². The number of pyridine rings is 1. The van der Waals surface area contributed by atoms with E-state index in [1.807, 2.05) is 0 Å². The average molecular weight is 1350 g/mol. The molecule has 1 aliphatic rings. The summed E-state index contributed by atoms with van der Waals surface area (Å²) >= 11 is 0. The summed E-state index contributed by atoms with van der Waals surface area (Å²) in [6, 6.07) is 3.16. The summed E-state index contributed by atoms with van der Waals surface area (Å²) in [5.41, 5.74) is 0.729. The molecule has 1 aromatic heterocycles.